The van der Waals surface area contributed by atoms with Gasteiger partial charge in [-0.25, -0.2) is 4.68 Å². The third-order valence-electron chi connectivity index (χ3n) is 5.99. The monoisotopic (exact) mass is 498 g/mol. The Morgan fingerprint density at radius 3 is 2.78 bits per heavy atom. The summed E-state index contributed by atoms with van der Waals surface area (Å²) >= 11 is 0. The molecule has 0 saturated heterocycles. The smallest absolute Gasteiger partial charge is 0.174 e. The molecule has 2 N–H and O–H groups in total. The van der Waals surface area contributed by atoms with Gasteiger partial charge in [0.2, 0.25) is 0 Å². The number of phenolic OH excluding ortho intramolecular Hbond substituents is 2. The van der Waals surface area contributed by atoms with Gasteiger partial charge in [0.25, 0.3) is 0 Å². The van der Waals surface area contributed by atoms with Gasteiger partial charge in [0.1, 0.15) is 41.2 Å². The van der Waals surface area contributed by atoms with Crippen LogP contribution in [0.2, 0.25) is 0 Å². The Balaban J connectivity index is 1.30. The van der Waals surface area contributed by atoms with Gasteiger partial charge in [0.15, 0.2) is 17.3 Å². The van der Waals surface area contributed by atoms with Crippen molar-refractivity contribution in [1.82, 2.24) is 15.0 Å². The standard InChI is InChI=1S/C27H22N4O6/c1-35-24-7-6-16(8-21(24)32)25-11-23(34)27-22(33)9-20(10-26(27)37-25)36-15-19-14-31(30-29-19)13-18-5-3-2-4-17(18)12-28/h2-10,14,25,32-33H,11,13,15H2,1H3/t25-/m0/s1. The van der Waals surface area contributed by atoms with Crippen LogP contribution in [0, 0.1) is 11.3 Å². The number of benzene rings is 3. The van der Waals surface area contributed by atoms with E-state index >= 15 is 0 Å². The van der Waals surface area contributed by atoms with Gasteiger partial charge in [-0.2, -0.15) is 5.26 Å². The molecule has 186 valence electrons. The molecule has 0 amide bonds. The summed E-state index contributed by atoms with van der Waals surface area (Å²) < 4.78 is 18.5. The number of carbonyl (C=O) groups excluding carboxylic acids is 1. The molecule has 10 heteroatoms. The molecule has 0 fully saturated rings. The van der Waals surface area contributed by atoms with Gasteiger partial charge in [-0.15, -0.1) is 5.10 Å². The third kappa shape index (κ3) is 4.88. The highest BCUT2D eigenvalue weighted by Crippen LogP contribution is 2.43. The Kier molecular flexibility index (Phi) is 6.34. The highest BCUT2D eigenvalue weighted by molar-refractivity contribution is 6.02. The quantitative estimate of drug-likeness (QED) is 0.388. The number of nitriles is 1. The van der Waals surface area contributed by atoms with E-state index in [0.29, 0.717) is 29.1 Å². The minimum Gasteiger partial charge on any atom is -0.507 e. The average Bonchev–Trinajstić information content (AvgIpc) is 3.34. The van der Waals surface area contributed by atoms with E-state index < -0.39 is 6.10 Å². The predicted octanol–water partition coefficient (Wildman–Crippen LogP) is 3.90. The number of rotatable bonds is 7. The van der Waals surface area contributed by atoms with Crippen molar-refractivity contribution in [3.63, 3.8) is 0 Å². The fraction of sp³-hybridized carbons (Fsp3) is 0.185. The van der Waals surface area contributed by atoms with Gasteiger partial charge in [0, 0.05) is 12.1 Å². The van der Waals surface area contributed by atoms with Crippen molar-refractivity contribution >= 4 is 5.78 Å². The molecule has 0 bridgehead atoms. The van der Waals surface area contributed by atoms with E-state index in [4.69, 9.17) is 14.2 Å². The molecule has 0 saturated carbocycles. The second kappa shape index (κ2) is 9.91. The number of ketones is 1. The number of carbonyl (C=O) groups is 1. The Morgan fingerprint density at radius 2 is 2.00 bits per heavy atom. The minimum absolute atomic E-state index is 0.00453. The number of hydrogen-bond donors (Lipinski definition) is 2. The summed E-state index contributed by atoms with van der Waals surface area (Å²) in [6.45, 7) is 0.441. The lowest BCUT2D eigenvalue weighted by Crippen LogP contribution is -2.20. The van der Waals surface area contributed by atoms with Crippen molar-refractivity contribution < 1.29 is 29.2 Å². The Morgan fingerprint density at radius 1 is 1.16 bits per heavy atom. The number of phenols is 2. The van der Waals surface area contributed by atoms with Crippen LogP contribution in [0.4, 0.5) is 0 Å². The number of aromatic nitrogens is 3. The molecule has 0 spiro atoms. The normalized spacial score (nSPS) is 14.4. The minimum atomic E-state index is -0.650. The van der Waals surface area contributed by atoms with E-state index in [9.17, 15) is 20.3 Å². The van der Waals surface area contributed by atoms with E-state index in [1.54, 1.807) is 35.1 Å². The van der Waals surface area contributed by atoms with E-state index in [1.807, 2.05) is 12.1 Å². The van der Waals surface area contributed by atoms with Crippen molar-refractivity contribution in [3.05, 3.63) is 88.7 Å². The molecule has 37 heavy (non-hydrogen) atoms. The summed E-state index contributed by atoms with van der Waals surface area (Å²) in [5, 5.41) is 38.1. The van der Waals surface area contributed by atoms with Crippen LogP contribution in [0.25, 0.3) is 0 Å². The van der Waals surface area contributed by atoms with Crippen LogP contribution in [-0.2, 0) is 13.2 Å². The third-order valence-corrected chi connectivity index (χ3v) is 5.99. The number of fused-ring (bicyclic) bond motifs is 1. The molecule has 2 heterocycles. The fourth-order valence-corrected chi connectivity index (χ4v) is 4.17. The number of aromatic hydroxyl groups is 2. The number of nitrogens with zero attached hydrogens (tertiary/aromatic N) is 4. The van der Waals surface area contributed by atoms with Crippen molar-refractivity contribution in [3.8, 4) is 34.8 Å². The summed E-state index contributed by atoms with van der Waals surface area (Å²) in [5.41, 5.74) is 2.61. The molecule has 4 aromatic rings. The van der Waals surface area contributed by atoms with Crippen molar-refractivity contribution in [2.45, 2.75) is 25.7 Å². The molecule has 5 rings (SSSR count). The second-order valence-corrected chi connectivity index (χ2v) is 8.45. The Labute approximate surface area is 211 Å². The maximum atomic E-state index is 12.8. The van der Waals surface area contributed by atoms with Crippen LogP contribution in [-0.4, -0.2) is 38.1 Å². The van der Waals surface area contributed by atoms with Crippen molar-refractivity contribution in [2.75, 3.05) is 7.11 Å². The van der Waals surface area contributed by atoms with Gasteiger partial charge in [-0.1, -0.05) is 29.5 Å². The lowest BCUT2D eigenvalue weighted by molar-refractivity contribution is 0.0844. The topological polar surface area (TPSA) is 140 Å². The fourth-order valence-electron chi connectivity index (χ4n) is 4.17. The molecule has 0 aliphatic carbocycles. The zero-order valence-corrected chi connectivity index (χ0v) is 19.8. The highest BCUT2D eigenvalue weighted by atomic mass is 16.5. The molecule has 1 aliphatic heterocycles. The van der Waals surface area contributed by atoms with E-state index in [0.717, 1.165) is 5.56 Å². The van der Waals surface area contributed by atoms with E-state index in [2.05, 4.69) is 16.4 Å². The molecule has 10 nitrogen and oxygen atoms in total. The van der Waals surface area contributed by atoms with Gasteiger partial charge < -0.3 is 24.4 Å². The summed E-state index contributed by atoms with van der Waals surface area (Å²) in [5.74, 6) is 0.184. The second-order valence-electron chi connectivity index (χ2n) is 8.45. The molecule has 1 aromatic heterocycles. The maximum absolute atomic E-state index is 12.8. The predicted molar refractivity (Wildman–Crippen MR) is 130 cm³/mol. The van der Waals surface area contributed by atoms with Gasteiger partial charge in [-0.3, -0.25) is 4.79 Å². The van der Waals surface area contributed by atoms with Crippen molar-refractivity contribution in [2.24, 2.45) is 0 Å². The summed E-state index contributed by atoms with van der Waals surface area (Å²) in [6, 6.07) is 17.1. The molecule has 1 aliphatic rings. The lowest BCUT2D eigenvalue weighted by atomic mass is 9.95. The first-order valence-electron chi connectivity index (χ1n) is 11.4. The van der Waals surface area contributed by atoms with Crippen LogP contribution in [0.15, 0.2) is 60.8 Å². The molecule has 1 atom stereocenters. The maximum Gasteiger partial charge on any atom is 0.174 e. The summed E-state index contributed by atoms with van der Waals surface area (Å²) in [4.78, 5) is 12.8. The van der Waals surface area contributed by atoms with Crippen LogP contribution in [0.5, 0.6) is 28.7 Å². The number of hydrogen-bond acceptors (Lipinski definition) is 9. The first kappa shape index (κ1) is 23.7. The van der Waals surface area contributed by atoms with Crippen LogP contribution in [0.3, 0.4) is 0 Å². The first-order chi connectivity index (χ1) is 17.9. The SMILES string of the molecule is COc1ccc([C@@H]2CC(=O)c3c(O)cc(OCc4cn(Cc5ccccc5C#N)nn4)cc3O2)cc1O. The van der Waals surface area contributed by atoms with Gasteiger partial charge in [0.05, 0.1) is 37.9 Å². The van der Waals surface area contributed by atoms with Crippen molar-refractivity contribution in [1.29, 1.82) is 5.26 Å². The summed E-state index contributed by atoms with van der Waals surface area (Å²) in [6.07, 6.45) is 1.06. The Hall–Kier alpha value is -5.04. The van der Waals surface area contributed by atoms with Crippen LogP contribution >= 0.6 is 0 Å². The molecule has 0 unspecified atom stereocenters. The van der Waals surface area contributed by atoms with E-state index in [-0.39, 0.29) is 47.4 Å². The zero-order chi connectivity index (χ0) is 25.9. The van der Waals surface area contributed by atoms with Gasteiger partial charge >= 0.3 is 0 Å². The van der Waals surface area contributed by atoms with Gasteiger partial charge in [-0.05, 0) is 29.3 Å². The molecular weight excluding hydrogens is 476 g/mol. The largest absolute Gasteiger partial charge is 0.507 e. The first-order valence-corrected chi connectivity index (χ1v) is 11.4. The zero-order valence-electron chi connectivity index (χ0n) is 19.8. The molecule has 3 aromatic carbocycles. The highest BCUT2D eigenvalue weighted by Gasteiger charge is 2.31. The number of Topliss-reactive ketones (excluding diaryl/α,β-unsaturated/α-hetero) is 1. The average molecular weight is 498 g/mol. The Bertz CT molecular complexity index is 1520. The van der Waals surface area contributed by atoms with E-state index in [1.165, 1.54) is 25.3 Å². The number of ether oxygens (including phenoxy) is 3. The molecule has 0 radical (unpaired) electrons. The summed E-state index contributed by atoms with van der Waals surface area (Å²) in [7, 11) is 1.45. The lowest BCUT2D eigenvalue weighted by Gasteiger charge is -2.26. The van der Waals surface area contributed by atoms with Crippen LogP contribution in [0.1, 0.15) is 45.3 Å². The number of methoxy groups -OCH3 is 1. The molecular formula is C27H22N4O6. The van der Waals surface area contributed by atoms with Crippen LogP contribution < -0.4 is 14.2 Å².